The van der Waals surface area contributed by atoms with E-state index in [-0.39, 0.29) is 18.3 Å². The van der Waals surface area contributed by atoms with Crippen LogP contribution in [0.1, 0.15) is 12.5 Å². The molecule has 0 aliphatic heterocycles. The molecule has 0 spiro atoms. The number of hydrogen-bond donors (Lipinski definition) is 1. The number of likely N-dealkylation sites (N-methyl/N-ethyl adjacent to an activating group) is 1. The van der Waals surface area contributed by atoms with E-state index in [1.54, 1.807) is 12.1 Å². The number of tetrazole rings is 1. The van der Waals surface area contributed by atoms with Crippen LogP contribution in [0.15, 0.2) is 48.5 Å². The van der Waals surface area contributed by atoms with Crippen molar-refractivity contribution in [3.63, 3.8) is 0 Å². The third-order valence-corrected chi connectivity index (χ3v) is 4.29. The van der Waals surface area contributed by atoms with E-state index in [9.17, 15) is 9.18 Å². The molecule has 3 aromatic rings. The fourth-order valence-electron chi connectivity index (χ4n) is 2.83. The van der Waals surface area contributed by atoms with Gasteiger partial charge in [0.2, 0.25) is 11.7 Å². The molecule has 2 aromatic carbocycles. The molecule has 28 heavy (non-hydrogen) atoms. The zero-order valence-corrected chi connectivity index (χ0v) is 16.0. The Hall–Kier alpha value is -3.29. The van der Waals surface area contributed by atoms with Crippen LogP contribution in [0.4, 0.5) is 10.1 Å². The predicted octanol–water partition coefficient (Wildman–Crippen LogP) is 2.43. The molecule has 0 aliphatic carbocycles. The fraction of sp³-hybridized carbons (Fsp3) is 0.300. The molecular formula is C20H23FN6O. The quantitative estimate of drug-likeness (QED) is 0.648. The van der Waals surface area contributed by atoms with Gasteiger partial charge in [0.25, 0.3) is 0 Å². The van der Waals surface area contributed by atoms with Crippen LogP contribution in [0.25, 0.3) is 11.4 Å². The molecule has 7 nitrogen and oxygen atoms in total. The van der Waals surface area contributed by atoms with Crippen molar-refractivity contribution < 1.29 is 9.18 Å². The van der Waals surface area contributed by atoms with Gasteiger partial charge in [0, 0.05) is 30.9 Å². The molecule has 1 heterocycles. The molecule has 0 atom stereocenters. The van der Waals surface area contributed by atoms with Crippen molar-refractivity contribution in [3.8, 4) is 11.4 Å². The Bertz CT molecular complexity index is 924. The first kappa shape index (κ1) is 19.5. The van der Waals surface area contributed by atoms with Gasteiger partial charge in [-0.2, -0.15) is 4.80 Å². The molecule has 0 saturated heterocycles. The summed E-state index contributed by atoms with van der Waals surface area (Å²) >= 11 is 0. The molecule has 0 aliphatic rings. The number of rotatable bonds is 8. The van der Waals surface area contributed by atoms with Gasteiger partial charge >= 0.3 is 0 Å². The number of nitrogens with zero attached hydrogens (tertiary/aromatic N) is 5. The first-order valence-electron chi connectivity index (χ1n) is 9.17. The molecule has 0 saturated carbocycles. The molecular weight excluding hydrogens is 359 g/mol. The number of benzene rings is 2. The Morgan fingerprint density at radius 2 is 2.00 bits per heavy atom. The highest BCUT2D eigenvalue weighted by Gasteiger charge is 2.10. The second-order valence-corrected chi connectivity index (χ2v) is 6.42. The average Bonchev–Trinajstić information content (AvgIpc) is 3.14. The molecule has 0 fully saturated rings. The van der Waals surface area contributed by atoms with Gasteiger partial charge in [-0.05, 0) is 61.0 Å². The molecule has 1 N–H and O–H groups in total. The van der Waals surface area contributed by atoms with Gasteiger partial charge in [-0.1, -0.05) is 12.1 Å². The van der Waals surface area contributed by atoms with E-state index in [0.717, 1.165) is 12.2 Å². The predicted molar refractivity (Wildman–Crippen MR) is 105 cm³/mol. The standard InChI is InChI=1S/C20H23FN6O/c1-3-26(18-6-4-5-15(2)13-18)12-11-22-19(28)14-27-24-20(23-25-27)16-7-9-17(21)10-8-16/h4-10,13H,3,11-12,14H2,1-2H3,(H,22,28). The normalized spacial score (nSPS) is 10.7. The molecule has 0 unspecified atom stereocenters. The Labute approximate surface area is 163 Å². The molecule has 0 radical (unpaired) electrons. The van der Waals surface area contributed by atoms with Crippen molar-refractivity contribution in [2.45, 2.75) is 20.4 Å². The number of nitrogens with one attached hydrogen (secondary N) is 1. The number of carbonyl (C=O) groups is 1. The molecule has 1 amide bonds. The number of anilines is 1. The molecule has 3 rings (SSSR count). The highest BCUT2D eigenvalue weighted by Crippen LogP contribution is 2.15. The van der Waals surface area contributed by atoms with E-state index in [1.807, 2.05) is 6.07 Å². The van der Waals surface area contributed by atoms with Crippen LogP contribution in [-0.4, -0.2) is 45.7 Å². The van der Waals surface area contributed by atoms with Crippen LogP contribution >= 0.6 is 0 Å². The Kier molecular flexibility index (Phi) is 6.31. The minimum atomic E-state index is -0.331. The highest BCUT2D eigenvalue weighted by molar-refractivity contribution is 5.75. The smallest absolute Gasteiger partial charge is 0.243 e. The lowest BCUT2D eigenvalue weighted by Crippen LogP contribution is -2.36. The average molecular weight is 382 g/mol. The van der Waals surface area contributed by atoms with Crippen molar-refractivity contribution in [1.29, 1.82) is 0 Å². The van der Waals surface area contributed by atoms with E-state index in [1.165, 1.54) is 22.5 Å². The van der Waals surface area contributed by atoms with Crippen molar-refractivity contribution >= 4 is 11.6 Å². The Morgan fingerprint density at radius 1 is 1.21 bits per heavy atom. The van der Waals surface area contributed by atoms with Crippen LogP contribution in [0.2, 0.25) is 0 Å². The van der Waals surface area contributed by atoms with Crippen molar-refractivity contribution in [2.75, 3.05) is 24.5 Å². The van der Waals surface area contributed by atoms with Gasteiger partial charge in [-0.25, -0.2) is 4.39 Å². The van der Waals surface area contributed by atoms with Crippen LogP contribution in [0, 0.1) is 12.7 Å². The Morgan fingerprint density at radius 3 is 2.71 bits per heavy atom. The number of hydrogen-bond acceptors (Lipinski definition) is 5. The number of aryl methyl sites for hydroxylation is 1. The summed E-state index contributed by atoms with van der Waals surface area (Å²) in [7, 11) is 0. The number of halogens is 1. The van der Waals surface area contributed by atoms with Gasteiger partial charge in [-0.3, -0.25) is 4.79 Å². The van der Waals surface area contributed by atoms with E-state index in [2.05, 4.69) is 57.7 Å². The molecule has 1 aromatic heterocycles. The van der Waals surface area contributed by atoms with Gasteiger partial charge in [-0.15, -0.1) is 10.2 Å². The van der Waals surface area contributed by atoms with Crippen LogP contribution in [-0.2, 0) is 11.3 Å². The van der Waals surface area contributed by atoms with E-state index >= 15 is 0 Å². The molecule has 0 bridgehead atoms. The minimum Gasteiger partial charge on any atom is -0.370 e. The largest absolute Gasteiger partial charge is 0.370 e. The lowest BCUT2D eigenvalue weighted by atomic mass is 10.2. The zero-order chi connectivity index (χ0) is 19.9. The zero-order valence-electron chi connectivity index (χ0n) is 16.0. The van der Waals surface area contributed by atoms with E-state index in [4.69, 9.17) is 0 Å². The summed E-state index contributed by atoms with van der Waals surface area (Å²) in [4.78, 5) is 15.6. The third kappa shape index (κ3) is 5.12. The van der Waals surface area contributed by atoms with Crippen LogP contribution in [0.5, 0.6) is 0 Å². The van der Waals surface area contributed by atoms with Crippen molar-refractivity contribution in [3.05, 3.63) is 59.9 Å². The molecule has 8 heteroatoms. The topological polar surface area (TPSA) is 75.9 Å². The first-order chi connectivity index (χ1) is 13.5. The third-order valence-electron chi connectivity index (χ3n) is 4.29. The summed E-state index contributed by atoms with van der Waals surface area (Å²) in [6.45, 7) is 6.19. The first-order valence-corrected chi connectivity index (χ1v) is 9.17. The lowest BCUT2D eigenvalue weighted by molar-refractivity contribution is -0.122. The van der Waals surface area contributed by atoms with E-state index in [0.29, 0.717) is 24.5 Å². The summed E-state index contributed by atoms with van der Waals surface area (Å²) in [6.07, 6.45) is 0. The monoisotopic (exact) mass is 382 g/mol. The van der Waals surface area contributed by atoms with Gasteiger partial charge in [0.05, 0.1) is 0 Å². The number of amides is 1. The number of carbonyl (C=O) groups excluding carboxylic acids is 1. The maximum absolute atomic E-state index is 13.0. The minimum absolute atomic E-state index is 0.0231. The SMILES string of the molecule is CCN(CCNC(=O)Cn1nnc(-c2ccc(F)cc2)n1)c1cccc(C)c1. The van der Waals surface area contributed by atoms with Gasteiger partial charge < -0.3 is 10.2 Å². The second-order valence-electron chi connectivity index (χ2n) is 6.42. The molecule has 146 valence electrons. The maximum atomic E-state index is 13.0. The number of aromatic nitrogens is 4. The summed E-state index contributed by atoms with van der Waals surface area (Å²) in [5.41, 5.74) is 2.98. The highest BCUT2D eigenvalue weighted by atomic mass is 19.1. The summed E-state index contributed by atoms with van der Waals surface area (Å²) in [5, 5.41) is 14.8. The van der Waals surface area contributed by atoms with Gasteiger partial charge in [0.15, 0.2) is 0 Å². The van der Waals surface area contributed by atoms with Crippen molar-refractivity contribution in [1.82, 2.24) is 25.5 Å². The van der Waals surface area contributed by atoms with Crippen LogP contribution < -0.4 is 10.2 Å². The summed E-state index contributed by atoms with van der Waals surface area (Å²) in [6, 6.07) is 14.1. The van der Waals surface area contributed by atoms with E-state index < -0.39 is 0 Å². The fourth-order valence-corrected chi connectivity index (χ4v) is 2.83. The summed E-state index contributed by atoms with van der Waals surface area (Å²) < 4.78 is 13.0. The van der Waals surface area contributed by atoms with Crippen molar-refractivity contribution in [2.24, 2.45) is 0 Å². The van der Waals surface area contributed by atoms with Gasteiger partial charge in [0.1, 0.15) is 12.4 Å². The Balaban J connectivity index is 1.50. The summed E-state index contributed by atoms with van der Waals surface area (Å²) in [5.74, 6) is -0.171. The lowest BCUT2D eigenvalue weighted by Gasteiger charge is -2.23. The van der Waals surface area contributed by atoms with Crippen LogP contribution in [0.3, 0.4) is 0 Å². The maximum Gasteiger partial charge on any atom is 0.243 e. The second kappa shape index (κ2) is 9.07.